The molecule has 1 amide bonds. The molecule has 1 aliphatic heterocycles. The minimum atomic E-state index is 0.0840. The van der Waals surface area contributed by atoms with Crippen LogP contribution in [-0.4, -0.2) is 48.9 Å². The quantitative estimate of drug-likeness (QED) is 0.853. The zero-order chi connectivity index (χ0) is 16.9. The molecule has 1 aliphatic rings. The Morgan fingerprint density at radius 1 is 1.04 bits per heavy atom. The molecule has 0 N–H and O–H groups in total. The van der Waals surface area contributed by atoms with Crippen LogP contribution < -0.4 is 4.74 Å². The van der Waals surface area contributed by atoms with E-state index in [0.717, 1.165) is 37.5 Å². The van der Waals surface area contributed by atoms with Gasteiger partial charge < -0.3 is 14.5 Å². The number of amides is 1. The fourth-order valence-corrected chi connectivity index (χ4v) is 2.85. The van der Waals surface area contributed by atoms with E-state index < -0.39 is 0 Å². The molecule has 0 radical (unpaired) electrons. The van der Waals surface area contributed by atoms with Gasteiger partial charge in [0.15, 0.2) is 0 Å². The normalized spacial score (nSPS) is 15.3. The van der Waals surface area contributed by atoms with Crippen LogP contribution in [0.5, 0.6) is 5.75 Å². The molecule has 2 aromatic carbocycles. The van der Waals surface area contributed by atoms with Crippen LogP contribution in [0.2, 0.25) is 5.02 Å². The van der Waals surface area contributed by atoms with E-state index in [4.69, 9.17) is 16.3 Å². The summed E-state index contributed by atoms with van der Waals surface area (Å²) in [4.78, 5) is 16.6. The Morgan fingerprint density at radius 3 is 2.38 bits per heavy atom. The molecule has 1 saturated heterocycles. The smallest absolute Gasteiger partial charge is 0.253 e. The van der Waals surface area contributed by atoms with E-state index >= 15 is 0 Å². The van der Waals surface area contributed by atoms with E-state index in [9.17, 15) is 4.79 Å². The van der Waals surface area contributed by atoms with Crippen LogP contribution in [0.4, 0.5) is 0 Å². The third-order valence-electron chi connectivity index (χ3n) is 4.24. The molecule has 126 valence electrons. The Balaban J connectivity index is 1.59. The summed E-state index contributed by atoms with van der Waals surface area (Å²) in [7, 11) is 2.08. The fourth-order valence-electron chi connectivity index (χ4n) is 2.66. The predicted octanol–water partition coefficient (Wildman–Crippen LogP) is 3.31. The molecular weight excluding hydrogens is 324 g/mol. The Morgan fingerprint density at radius 2 is 1.71 bits per heavy atom. The summed E-state index contributed by atoms with van der Waals surface area (Å²) in [6.45, 7) is 3.81. The van der Waals surface area contributed by atoms with Gasteiger partial charge in [-0.2, -0.15) is 0 Å². The molecule has 1 fully saturated rings. The standard InChI is InChI=1S/C19H21ClN2O2/c1-21-10-12-22(13-11-21)19(23)15-6-8-17(9-7-15)24-14-16-4-2-3-5-18(16)20/h2-9H,10-14H2,1H3. The number of ether oxygens (including phenoxy) is 1. The van der Waals surface area contributed by atoms with Crippen LogP contribution in [0.15, 0.2) is 48.5 Å². The second-order valence-electron chi connectivity index (χ2n) is 6.00. The first-order valence-electron chi connectivity index (χ1n) is 8.07. The minimum Gasteiger partial charge on any atom is -0.489 e. The van der Waals surface area contributed by atoms with E-state index in [2.05, 4.69) is 11.9 Å². The largest absolute Gasteiger partial charge is 0.489 e. The first kappa shape index (κ1) is 16.8. The Kier molecular flexibility index (Phi) is 5.38. The lowest BCUT2D eigenvalue weighted by molar-refractivity contribution is 0.0664. The Hall–Kier alpha value is -2.04. The van der Waals surface area contributed by atoms with Crippen LogP contribution in [0.3, 0.4) is 0 Å². The topological polar surface area (TPSA) is 32.8 Å². The number of piperazine rings is 1. The van der Waals surface area contributed by atoms with E-state index in [-0.39, 0.29) is 5.91 Å². The molecule has 24 heavy (non-hydrogen) atoms. The number of hydrogen-bond acceptors (Lipinski definition) is 3. The lowest BCUT2D eigenvalue weighted by atomic mass is 10.1. The lowest BCUT2D eigenvalue weighted by Crippen LogP contribution is -2.47. The molecule has 1 heterocycles. The van der Waals surface area contributed by atoms with Crippen molar-refractivity contribution in [3.8, 4) is 5.75 Å². The van der Waals surface area contributed by atoms with Gasteiger partial charge in [-0.3, -0.25) is 4.79 Å². The minimum absolute atomic E-state index is 0.0840. The number of likely N-dealkylation sites (N-methyl/N-ethyl adjacent to an activating group) is 1. The summed E-state index contributed by atoms with van der Waals surface area (Å²) in [6.07, 6.45) is 0. The number of benzene rings is 2. The average molecular weight is 345 g/mol. The predicted molar refractivity (Wildman–Crippen MR) is 95.6 cm³/mol. The van der Waals surface area contributed by atoms with Crippen LogP contribution in [0.1, 0.15) is 15.9 Å². The number of rotatable bonds is 4. The first-order chi connectivity index (χ1) is 11.6. The summed E-state index contributed by atoms with van der Waals surface area (Å²) in [6, 6.07) is 14.9. The molecular formula is C19H21ClN2O2. The summed E-state index contributed by atoms with van der Waals surface area (Å²) >= 11 is 6.12. The van der Waals surface area contributed by atoms with Gasteiger partial charge in [-0.15, -0.1) is 0 Å². The third-order valence-corrected chi connectivity index (χ3v) is 4.61. The van der Waals surface area contributed by atoms with E-state index in [1.807, 2.05) is 53.4 Å². The molecule has 0 saturated carbocycles. The molecule has 0 bridgehead atoms. The third kappa shape index (κ3) is 4.08. The highest BCUT2D eigenvalue weighted by Crippen LogP contribution is 2.19. The van der Waals surface area contributed by atoms with Gasteiger partial charge in [-0.1, -0.05) is 29.8 Å². The maximum Gasteiger partial charge on any atom is 0.253 e. The molecule has 3 rings (SSSR count). The Labute approximate surface area is 147 Å². The summed E-state index contributed by atoms with van der Waals surface area (Å²) < 4.78 is 5.75. The molecule has 4 nitrogen and oxygen atoms in total. The van der Waals surface area contributed by atoms with Gasteiger partial charge in [0.1, 0.15) is 12.4 Å². The Bertz CT molecular complexity index is 695. The molecule has 0 unspecified atom stereocenters. The summed E-state index contributed by atoms with van der Waals surface area (Å²) in [5.41, 5.74) is 1.64. The number of carbonyl (C=O) groups is 1. The van der Waals surface area contributed by atoms with Crippen LogP contribution in [-0.2, 0) is 6.61 Å². The van der Waals surface area contributed by atoms with Crippen molar-refractivity contribution in [1.82, 2.24) is 9.80 Å². The highest BCUT2D eigenvalue weighted by Gasteiger charge is 2.20. The molecule has 0 aromatic heterocycles. The van der Waals surface area contributed by atoms with Crippen molar-refractivity contribution in [2.45, 2.75) is 6.61 Å². The molecule has 5 heteroatoms. The van der Waals surface area contributed by atoms with Crippen molar-refractivity contribution in [2.75, 3.05) is 33.2 Å². The number of halogens is 1. The monoisotopic (exact) mass is 344 g/mol. The van der Waals surface area contributed by atoms with Crippen molar-refractivity contribution in [2.24, 2.45) is 0 Å². The zero-order valence-electron chi connectivity index (χ0n) is 13.7. The SMILES string of the molecule is CN1CCN(C(=O)c2ccc(OCc3ccccc3Cl)cc2)CC1. The van der Waals surface area contributed by atoms with Gasteiger partial charge in [-0.05, 0) is 37.4 Å². The van der Waals surface area contributed by atoms with Gasteiger partial charge in [0.2, 0.25) is 0 Å². The van der Waals surface area contributed by atoms with Gasteiger partial charge in [0, 0.05) is 42.3 Å². The van der Waals surface area contributed by atoms with Crippen molar-refractivity contribution in [3.05, 3.63) is 64.7 Å². The van der Waals surface area contributed by atoms with E-state index in [0.29, 0.717) is 17.2 Å². The van der Waals surface area contributed by atoms with E-state index in [1.165, 1.54) is 0 Å². The number of hydrogen-bond donors (Lipinski definition) is 0. The van der Waals surface area contributed by atoms with Crippen LogP contribution in [0, 0.1) is 0 Å². The summed E-state index contributed by atoms with van der Waals surface area (Å²) in [5, 5.41) is 0.694. The fraction of sp³-hybridized carbons (Fsp3) is 0.316. The van der Waals surface area contributed by atoms with Crippen molar-refractivity contribution in [1.29, 1.82) is 0 Å². The van der Waals surface area contributed by atoms with Crippen molar-refractivity contribution < 1.29 is 9.53 Å². The van der Waals surface area contributed by atoms with Gasteiger partial charge in [-0.25, -0.2) is 0 Å². The van der Waals surface area contributed by atoms with Gasteiger partial charge >= 0.3 is 0 Å². The van der Waals surface area contributed by atoms with E-state index in [1.54, 1.807) is 0 Å². The van der Waals surface area contributed by atoms with Crippen molar-refractivity contribution >= 4 is 17.5 Å². The maximum atomic E-state index is 12.5. The average Bonchev–Trinajstić information content (AvgIpc) is 2.62. The van der Waals surface area contributed by atoms with Gasteiger partial charge in [0.05, 0.1) is 0 Å². The highest BCUT2D eigenvalue weighted by molar-refractivity contribution is 6.31. The highest BCUT2D eigenvalue weighted by atomic mass is 35.5. The summed E-state index contributed by atoms with van der Waals surface area (Å²) in [5.74, 6) is 0.811. The van der Waals surface area contributed by atoms with Crippen molar-refractivity contribution in [3.63, 3.8) is 0 Å². The molecule has 2 aromatic rings. The van der Waals surface area contributed by atoms with Crippen LogP contribution in [0.25, 0.3) is 0 Å². The second-order valence-corrected chi connectivity index (χ2v) is 6.41. The number of nitrogens with zero attached hydrogens (tertiary/aromatic N) is 2. The first-order valence-corrected chi connectivity index (χ1v) is 8.45. The molecule has 0 aliphatic carbocycles. The number of carbonyl (C=O) groups excluding carboxylic acids is 1. The molecule has 0 atom stereocenters. The second kappa shape index (κ2) is 7.69. The van der Waals surface area contributed by atoms with Gasteiger partial charge in [0.25, 0.3) is 5.91 Å². The molecule has 0 spiro atoms. The van der Waals surface area contributed by atoms with Crippen LogP contribution >= 0.6 is 11.6 Å². The zero-order valence-corrected chi connectivity index (χ0v) is 14.5. The lowest BCUT2D eigenvalue weighted by Gasteiger charge is -2.32. The maximum absolute atomic E-state index is 12.5.